The lowest BCUT2D eigenvalue weighted by Crippen LogP contribution is -2.31. The Morgan fingerprint density at radius 2 is 2.47 bits per heavy atom. The summed E-state index contributed by atoms with van der Waals surface area (Å²) in [7, 11) is 0. The number of thiophene rings is 1. The fourth-order valence-corrected chi connectivity index (χ4v) is 2.61. The summed E-state index contributed by atoms with van der Waals surface area (Å²) >= 11 is 4.86. The van der Waals surface area contributed by atoms with E-state index in [1.54, 1.807) is 6.08 Å². The standard InChI is InChI=1S/C11H14BrNOS/c1-4-5-8(3)13-11(14)9-6-7(2)10(12)15-9/h4,6,8H,1,5H2,2-3H3,(H,13,14). The molecule has 0 spiro atoms. The summed E-state index contributed by atoms with van der Waals surface area (Å²) in [6, 6.07) is 2.03. The molecule has 2 nitrogen and oxygen atoms in total. The van der Waals surface area contributed by atoms with Crippen LogP contribution in [0.1, 0.15) is 28.6 Å². The molecule has 1 aromatic heterocycles. The highest BCUT2D eigenvalue weighted by Gasteiger charge is 2.12. The lowest BCUT2D eigenvalue weighted by atomic mass is 10.2. The van der Waals surface area contributed by atoms with Gasteiger partial charge in [0, 0.05) is 6.04 Å². The molecule has 0 aromatic carbocycles. The average Bonchev–Trinajstić information content (AvgIpc) is 2.47. The summed E-state index contributed by atoms with van der Waals surface area (Å²) in [5.74, 6) is -0.0110. The van der Waals surface area contributed by atoms with Crippen LogP contribution < -0.4 is 5.32 Å². The zero-order valence-corrected chi connectivity index (χ0v) is 11.2. The first-order chi connectivity index (χ1) is 7.04. The molecule has 15 heavy (non-hydrogen) atoms. The van der Waals surface area contributed by atoms with Crippen molar-refractivity contribution < 1.29 is 4.79 Å². The summed E-state index contributed by atoms with van der Waals surface area (Å²) in [5.41, 5.74) is 1.10. The highest BCUT2D eigenvalue weighted by Crippen LogP contribution is 2.27. The maximum atomic E-state index is 11.7. The Bertz CT molecular complexity index is 353. The van der Waals surface area contributed by atoms with Crippen LogP contribution in [0.25, 0.3) is 0 Å². The van der Waals surface area contributed by atoms with Gasteiger partial charge in [-0.05, 0) is 47.8 Å². The van der Waals surface area contributed by atoms with Gasteiger partial charge in [-0.25, -0.2) is 0 Å². The summed E-state index contributed by atoms with van der Waals surface area (Å²) < 4.78 is 1.02. The van der Waals surface area contributed by atoms with Crippen LogP contribution in [0.2, 0.25) is 0 Å². The third-order valence-corrected chi connectivity index (χ3v) is 4.11. The Morgan fingerprint density at radius 3 is 2.93 bits per heavy atom. The fourth-order valence-electron chi connectivity index (χ4n) is 1.18. The van der Waals surface area contributed by atoms with Gasteiger partial charge in [-0.3, -0.25) is 4.79 Å². The zero-order valence-electron chi connectivity index (χ0n) is 8.84. The molecule has 1 rings (SSSR count). The van der Waals surface area contributed by atoms with Crippen LogP contribution in [-0.4, -0.2) is 11.9 Å². The van der Waals surface area contributed by atoms with Crippen molar-refractivity contribution in [2.75, 3.05) is 0 Å². The van der Waals surface area contributed by atoms with Crippen LogP contribution in [0, 0.1) is 6.92 Å². The van der Waals surface area contributed by atoms with Crippen LogP contribution in [0.5, 0.6) is 0 Å². The average molecular weight is 288 g/mol. The second-order valence-corrected chi connectivity index (χ2v) is 5.84. The lowest BCUT2D eigenvalue weighted by molar-refractivity contribution is 0.0944. The molecule has 1 unspecified atom stereocenters. The van der Waals surface area contributed by atoms with Crippen molar-refractivity contribution in [2.45, 2.75) is 26.3 Å². The van der Waals surface area contributed by atoms with E-state index in [0.29, 0.717) is 0 Å². The topological polar surface area (TPSA) is 29.1 Å². The molecule has 0 aliphatic heterocycles. The maximum absolute atomic E-state index is 11.7. The summed E-state index contributed by atoms with van der Waals surface area (Å²) in [6.45, 7) is 7.59. The minimum absolute atomic E-state index is 0.0110. The number of hydrogen-bond donors (Lipinski definition) is 1. The van der Waals surface area contributed by atoms with E-state index in [9.17, 15) is 4.79 Å². The zero-order chi connectivity index (χ0) is 11.4. The quantitative estimate of drug-likeness (QED) is 0.844. The van der Waals surface area contributed by atoms with Gasteiger partial charge in [0.25, 0.3) is 5.91 Å². The SMILES string of the molecule is C=CCC(C)NC(=O)c1cc(C)c(Br)s1. The molecule has 0 aliphatic rings. The van der Waals surface area contributed by atoms with Crippen LogP contribution in [0.15, 0.2) is 22.5 Å². The number of halogens is 1. The smallest absolute Gasteiger partial charge is 0.261 e. The number of rotatable bonds is 4. The van der Waals surface area contributed by atoms with E-state index in [1.807, 2.05) is 19.9 Å². The van der Waals surface area contributed by atoms with E-state index in [-0.39, 0.29) is 11.9 Å². The molecule has 1 heterocycles. The van der Waals surface area contributed by atoms with E-state index in [4.69, 9.17) is 0 Å². The third-order valence-electron chi connectivity index (χ3n) is 1.98. The van der Waals surface area contributed by atoms with Gasteiger partial charge in [-0.2, -0.15) is 0 Å². The molecule has 0 saturated carbocycles. The molecular weight excluding hydrogens is 274 g/mol. The van der Waals surface area contributed by atoms with Crippen molar-refractivity contribution in [2.24, 2.45) is 0 Å². The monoisotopic (exact) mass is 287 g/mol. The Labute approximate surface area is 103 Å². The van der Waals surface area contributed by atoms with E-state index in [2.05, 4.69) is 27.8 Å². The van der Waals surface area contributed by atoms with Gasteiger partial charge in [0.15, 0.2) is 0 Å². The van der Waals surface area contributed by atoms with Gasteiger partial charge in [-0.15, -0.1) is 17.9 Å². The van der Waals surface area contributed by atoms with E-state index in [1.165, 1.54) is 11.3 Å². The predicted octanol–water partition coefficient (Wildman–Crippen LogP) is 3.51. The maximum Gasteiger partial charge on any atom is 0.261 e. The fraction of sp³-hybridized carbons (Fsp3) is 0.364. The first kappa shape index (κ1) is 12.5. The molecule has 0 fully saturated rings. The van der Waals surface area contributed by atoms with Crippen LogP contribution in [0.3, 0.4) is 0 Å². The molecule has 1 atom stereocenters. The highest BCUT2D eigenvalue weighted by molar-refractivity contribution is 9.11. The Hall–Kier alpha value is -0.610. The van der Waals surface area contributed by atoms with Gasteiger partial charge in [0.2, 0.25) is 0 Å². The number of amides is 1. The summed E-state index contributed by atoms with van der Waals surface area (Å²) in [6.07, 6.45) is 2.60. The summed E-state index contributed by atoms with van der Waals surface area (Å²) in [4.78, 5) is 12.5. The van der Waals surface area contributed by atoms with Gasteiger partial charge in [0.05, 0.1) is 8.66 Å². The minimum Gasteiger partial charge on any atom is -0.349 e. The van der Waals surface area contributed by atoms with Crippen molar-refractivity contribution in [3.05, 3.63) is 32.9 Å². The molecule has 82 valence electrons. The molecule has 0 bridgehead atoms. The van der Waals surface area contributed by atoms with Crippen LogP contribution in [-0.2, 0) is 0 Å². The van der Waals surface area contributed by atoms with E-state index in [0.717, 1.165) is 20.6 Å². The highest BCUT2D eigenvalue weighted by atomic mass is 79.9. The molecular formula is C11H14BrNOS. The molecule has 0 aliphatic carbocycles. The molecule has 0 radical (unpaired) electrons. The second kappa shape index (κ2) is 5.47. The Balaban J connectivity index is 2.65. The number of carbonyl (C=O) groups is 1. The molecule has 4 heteroatoms. The number of carbonyl (C=O) groups excluding carboxylic acids is 1. The second-order valence-electron chi connectivity index (χ2n) is 3.47. The van der Waals surface area contributed by atoms with Crippen LogP contribution >= 0.6 is 27.3 Å². The van der Waals surface area contributed by atoms with Crippen LogP contribution in [0.4, 0.5) is 0 Å². The van der Waals surface area contributed by atoms with Crippen molar-refractivity contribution in [1.29, 1.82) is 0 Å². The first-order valence-corrected chi connectivity index (χ1v) is 6.33. The van der Waals surface area contributed by atoms with Gasteiger partial charge in [0.1, 0.15) is 0 Å². The first-order valence-electron chi connectivity index (χ1n) is 4.72. The number of nitrogens with one attached hydrogen (secondary N) is 1. The summed E-state index contributed by atoms with van der Waals surface area (Å²) in [5, 5.41) is 2.92. The predicted molar refractivity (Wildman–Crippen MR) is 68.5 cm³/mol. The van der Waals surface area contributed by atoms with E-state index < -0.39 is 0 Å². The molecule has 1 N–H and O–H groups in total. The molecule has 1 aromatic rings. The minimum atomic E-state index is -0.0110. The lowest BCUT2D eigenvalue weighted by Gasteiger charge is -2.09. The van der Waals surface area contributed by atoms with Crippen molar-refractivity contribution in [1.82, 2.24) is 5.32 Å². The molecule has 1 amide bonds. The largest absolute Gasteiger partial charge is 0.349 e. The van der Waals surface area contributed by atoms with Crippen molar-refractivity contribution in [3.8, 4) is 0 Å². The third kappa shape index (κ3) is 3.47. The van der Waals surface area contributed by atoms with Crippen molar-refractivity contribution >= 4 is 33.2 Å². The van der Waals surface area contributed by atoms with Gasteiger partial charge < -0.3 is 5.32 Å². The van der Waals surface area contributed by atoms with Crippen molar-refractivity contribution in [3.63, 3.8) is 0 Å². The van der Waals surface area contributed by atoms with Gasteiger partial charge in [-0.1, -0.05) is 6.08 Å². The normalized spacial score (nSPS) is 12.2. The number of hydrogen-bond acceptors (Lipinski definition) is 2. The number of aryl methyl sites for hydroxylation is 1. The Kier molecular flexibility index (Phi) is 4.54. The van der Waals surface area contributed by atoms with Gasteiger partial charge >= 0.3 is 0 Å². The molecule has 0 saturated heterocycles. The van der Waals surface area contributed by atoms with E-state index >= 15 is 0 Å². The Morgan fingerprint density at radius 1 is 1.80 bits per heavy atom.